The summed E-state index contributed by atoms with van der Waals surface area (Å²) >= 11 is 0. The summed E-state index contributed by atoms with van der Waals surface area (Å²) in [5, 5.41) is 11.0. The number of nitrogens with zero attached hydrogens (tertiary/aromatic N) is 1. The van der Waals surface area contributed by atoms with E-state index >= 15 is 0 Å². The van der Waals surface area contributed by atoms with Gasteiger partial charge in [-0.3, -0.25) is 10.1 Å². The van der Waals surface area contributed by atoms with Gasteiger partial charge in [0.15, 0.2) is 5.75 Å². The highest BCUT2D eigenvalue weighted by Crippen LogP contribution is 2.40. The van der Waals surface area contributed by atoms with E-state index in [1.807, 2.05) is 6.92 Å². The highest BCUT2D eigenvalue weighted by atomic mass is 28.4. The quantitative estimate of drug-likeness (QED) is 0.466. The van der Waals surface area contributed by atoms with Crippen LogP contribution in [-0.2, 0) is 0 Å². The van der Waals surface area contributed by atoms with Crippen LogP contribution in [0.2, 0.25) is 18.1 Å². The van der Waals surface area contributed by atoms with E-state index in [-0.39, 0.29) is 15.6 Å². The lowest BCUT2D eigenvalue weighted by atomic mass is 10.2. The fourth-order valence-electron chi connectivity index (χ4n) is 1.28. The molecular weight excluding hydrogens is 246 g/mol. The molecule has 100 valence electrons. The van der Waals surface area contributed by atoms with Gasteiger partial charge in [-0.25, -0.2) is 0 Å². The molecule has 4 nitrogen and oxygen atoms in total. The number of benzene rings is 1. The van der Waals surface area contributed by atoms with Crippen LogP contribution in [0.5, 0.6) is 5.75 Å². The Morgan fingerprint density at radius 2 is 1.83 bits per heavy atom. The normalized spacial score (nSPS) is 12.3. The van der Waals surface area contributed by atoms with E-state index in [9.17, 15) is 10.1 Å². The molecule has 0 amide bonds. The van der Waals surface area contributed by atoms with Gasteiger partial charge in [0.05, 0.1) is 4.92 Å². The molecule has 18 heavy (non-hydrogen) atoms. The molecular formula is C13H21NO3Si. The fraction of sp³-hybridized carbons (Fsp3) is 0.538. The van der Waals surface area contributed by atoms with E-state index in [0.29, 0.717) is 5.75 Å². The molecule has 5 heteroatoms. The van der Waals surface area contributed by atoms with Crippen molar-refractivity contribution >= 4 is 14.0 Å². The van der Waals surface area contributed by atoms with Crippen molar-refractivity contribution in [3.05, 3.63) is 33.9 Å². The van der Waals surface area contributed by atoms with Crippen molar-refractivity contribution < 1.29 is 9.35 Å². The van der Waals surface area contributed by atoms with Crippen LogP contribution in [0.15, 0.2) is 18.2 Å². The summed E-state index contributed by atoms with van der Waals surface area (Å²) in [5.41, 5.74) is 1.01. The Kier molecular flexibility index (Phi) is 3.86. The van der Waals surface area contributed by atoms with Crippen LogP contribution >= 0.6 is 0 Å². The van der Waals surface area contributed by atoms with Gasteiger partial charge < -0.3 is 4.43 Å². The van der Waals surface area contributed by atoms with E-state index in [0.717, 1.165) is 5.56 Å². The Hall–Kier alpha value is -1.36. The van der Waals surface area contributed by atoms with Gasteiger partial charge in [-0.15, -0.1) is 0 Å². The van der Waals surface area contributed by atoms with Crippen molar-refractivity contribution in [2.24, 2.45) is 0 Å². The van der Waals surface area contributed by atoms with Crippen LogP contribution in [0.25, 0.3) is 0 Å². The van der Waals surface area contributed by atoms with Gasteiger partial charge in [0.1, 0.15) is 0 Å². The first-order chi connectivity index (χ1) is 8.04. The van der Waals surface area contributed by atoms with Gasteiger partial charge >= 0.3 is 5.69 Å². The number of hydrogen-bond acceptors (Lipinski definition) is 3. The minimum absolute atomic E-state index is 0.0185. The topological polar surface area (TPSA) is 52.4 Å². The van der Waals surface area contributed by atoms with Crippen molar-refractivity contribution in [2.75, 3.05) is 0 Å². The highest BCUT2D eigenvalue weighted by molar-refractivity contribution is 6.74. The molecule has 0 saturated heterocycles. The fourth-order valence-corrected chi connectivity index (χ4v) is 2.30. The largest absolute Gasteiger partial charge is 0.539 e. The lowest BCUT2D eigenvalue weighted by molar-refractivity contribution is -0.385. The molecule has 0 unspecified atom stereocenters. The van der Waals surface area contributed by atoms with E-state index in [4.69, 9.17) is 4.43 Å². The average molecular weight is 267 g/mol. The lowest BCUT2D eigenvalue weighted by Crippen LogP contribution is -2.44. The van der Waals surface area contributed by atoms with Gasteiger partial charge in [-0.2, -0.15) is 0 Å². The van der Waals surface area contributed by atoms with E-state index in [2.05, 4.69) is 33.9 Å². The van der Waals surface area contributed by atoms with Crippen LogP contribution in [0, 0.1) is 17.0 Å². The molecule has 0 saturated carbocycles. The third-order valence-corrected chi connectivity index (χ3v) is 7.83. The Bertz CT molecular complexity index is 464. The summed E-state index contributed by atoms with van der Waals surface area (Å²) in [6, 6.07) is 4.99. The summed E-state index contributed by atoms with van der Waals surface area (Å²) in [6.07, 6.45) is 0. The maximum Gasteiger partial charge on any atom is 0.309 e. The van der Waals surface area contributed by atoms with Crippen LogP contribution < -0.4 is 4.43 Å². The Morgan fingerprint density at radius 3 is 2.28 bits per heavy atom. The first-order valence-corrected chi connectivity index (χ1v) is 8.89. The third-order valence-electron chi connectivity index (χ3n) is 3.48. The molecule has 0 aliphatic heterocycles. The molecule has 0 bridgehead atoms. The van der Waals surface area contributed by atoms with Crippen LogP contribution in [0.3, 0.4) is 0 Å². The molecule has 0 aliphatic rings. The zero-order chi connectivity index (χ0) is 14.1. The van der Waals surface area contributed by atoms with Crippen molar-refractivity contribution in [1.82, 2.24) is 0 Å². The summed E-state index contributed by atoms with van der Waals surface area (Å²) < 4.78 is 6.04. The van der Waals surface area contributed by atoms with Crippen molar-refractivity contribution in [3.63, 3.8) is 0 Å². The molecule has 0 atom stereocenters. The van der Waals surface area contributed by atoms with Crippen molar-refractivity contribution in [1.29, 1.82) is 0 Å². The summed E-state index contributed by atoms with van der Waals surface area (Å²) in [7, 11) is -2.05. The van der Waals surface area contributed by atoms with E-state index in [1.165, 1.54) is 6.07 Å². The molecule has 1 rings (SSSR count). The van der Waals surface area contributed by atoms with Gasteiger partial charge in [0, 0.05) is 6.07 Å². The second kappa shape index (κ2) is 4.72. The summed E-state index contributed by atoms with van der Waals surface area (Å²) in [4.78, 5) is 10.6. The number of rotatable bonds is 3. The molecule has 0 aliphatic carbocycles. The van der Waals surface area contributed by atoms with Crippen molar-refractivity contribution in [3.8, 4) is 5.75 Å². The molecule has 0 N–H and O–H groups in total. The monoisotopic (exact) mass is 267 g/mol. The maximum atomic E-state index is 11.0. The van der Waals surface area contributed by atoms with Crippen LogP contribution in [0.1, 0.15) is 26.3 Å². The Morgan fingerprint density at radius 1 is 1.28 bits per heavy atom. The van der Waals surface area contributed by atoms with Gasteiger partial charge in [-0.1, -0.05) is 26.8 Å². The molecule has 1 aromatic rings. The van der Waals surface area contributed by atoms with E-state index < -0.39 is 8.32 Å². The molecule has 1 aromatic carbocycles. The van der Waals surface area contributed by atoms with Crippen LogP contribution in [-0.4, -0.2) is 13.2 Å². The zero-order valence-electron chi connectivity index (χ0n) is 11.9. The number of hydrogen-bond donors (Lipinski definition) is 0. The van der Waals surface area contributed by atoms with Crippen molar-refractivity contribution in [2.45, 2.75) is 45.8 Å². The number of nitro groups is 1. The number of aryl methyl sites for hydroxylation is 1. The second-order valence-electron chi connectivity index (χ2n) is 6.09. The first-order valence-electron chi connectivity index (χ1n) is 5.99. The molecule has 0 fully saturated rings. The standard InChI is InChI=1S/C13H21NO3Si/c1-10-7-8-11(14(15)16)12(9-10)17-18(5,6)13(2,3)4/h7-9H,1-6H3. The zero-order valence-corrected chi connectivity index (χ0v) is 12.9. The highest BCUT2D eigenvalue weighted by Gasteiger charge is 2.40. The maximum absolute atomic E-state index is 11.0. The molecule has 0 spiro atoms. The first kappa shape index (κ1) is 14.7. The summed E-state index contributed by atoms with van der Waals surface area (Å²) in [6.45, 7) is 12.4. The minimum Gasteiger partial charge on any atom is -0.539 e. The Labute approximate surface area is 109 Å². The molecule has 0 heterocycles. The predicted molar refractivity (Wildman–Crippen MR) is 75.7 cm³/mol. The average Bonchev–Trinajstić information content (AvgIpc) is 2.14. The molecule has 0 radical (unpaired) electrons. The SMILES string of the molecule is Cc1ccc([N+](=O)[O-])c(O[Si](C)(C)C(C)(C)C)c1. The van der Waals surface area contributed by atoms with E-state index in [1.54, 1.807) is 12.1 Å². The second-order valence-corrected chi connectivity index (χ2v) is 10.8. The number of nitro benzene ring substituents is 1. The van der Waals surface area contributed by atoms with Crippen LogP contribution in [0.4, 0.5) is 5.69 Å². The Balaban J connectivity index is 3.18. The lowest BCUT2D eigenvalue weighted by Gasteiger charge is -2.36. The third kappa shape index (κ3) is 3.10. The smallest absolute Gasteiger partial charge is 0.309 e. The van der Waals surface area contributed by atoms with Gasteiger partial charge in [0.25, 0.3) is 8.32 Å². The minimum atomic E-state index is -2.05. The van der Waals surface area contributed by atoms with Gasteiger partial charge in [0.2, 0.25) is 0 Å². The van der Waals surface area contributed by atoms with Gasteiger partial charge in [-0.05, 0) is 36.7 Å². The summed E-state index contributed by atoms with van der Waals surface area (Å²) in [5.74, 6) is 0.395. The predicted octanol–water partition coefficient (Wildman–Crippen LogP) is 4.29. The molecule has 0 aromatic heterocycles.